The number of halogens is 2. The average molecular weight is 521 g/mol. The Morgan fingerprint density at radius 2 is 1.78 bits per heavy atom. The van der Waals surface area contributed by atoms with Gasteiger partial charge in [0.25, 0.3) is 0 Å². The number of para-hydroxylation sites is 1. The van der Waals surface area contributed by atoms with Gasteiger partial charge in [0.1, 0.15) is 5.69 Å². The highest BCUT2D eigenvalue weighted by Crippen LogP contribution is 2.33. The second-order valence-corrected chi connectivity index (χ2v) is 8.56. The van der Waals surface area contributed by atoms with Crippen LogP contribution in [-0.4, -0.2) is 54.2 Å². The van der Waals surface area contributed by atoms with Crippen molar-refractivity contribution in [3.8, 4) is 11.8 Å². The number of carbonyl (C=O) groups is 2. The van der Waals surface area contributed by atoms with Gasteiger partial charge in [0.2, 0.25) is 17.7 Å². The molecular formula is C27H38F2N4O4. The molecule has 2 aromatic rings. The smallest absolute Gasteiger partial charge is 0.388 e. The van der Waals surface area contributed by atoms with Crippen LogP contribution in [0.25, 0.3) is 0 Å². The molecule has 1 aliphatic rings. The molecule has 0 aliphatic carbocycles. The van der Waals surface area contributed by atoms with Crippen LogP contribution >= 0.6 is 0 Å². The number of nitrogens with one attached hydrogen (secondary N) is 1. The zero-order valence-electron chi connectivity index (χ0n) is 22.5. The Kier molecular flexibility index (Phi) is 11.6. The normalized spacial score (nSPS) is 13.6. The van der Waals surface area contributed by atoms with E-state index in [4.69, 9.17) is 4.74 Å². The Balaban J connectivity index is 0.00000235. The van der Waals surface area contributed by atoms with E-state index in [-0.39, 0.29) is 29.4 Å². The minimum atomic E-state index is -3.12. The highest BCUT2D eigenvalue weighted by Gasteiger charge is 2.32. The first-order valence-corrected chi connectivity index (χ1v) is 12.7. The summed E-state index contributed by atoms with van der Waals surface area (Å²) in [6.07, 6.45) is 1.17. The first-order chi connectivity index (χ1) is 17.7. The Labute approximate surface area is 217 Å². The number of urea groups is 1. The predicted octanol–water partition coefficient (Wildman–Crippen LogP) is 6.28. The number of carbonyl (C=O) groups excluding carboxylic acids is 2. The molecule has 1 fully saturated rings. The lowest BCUT2D eigenvalue weighted by Gasteiger charge is -2.39. The molecule has 0 unspecified atom stereocenters. The number of anilines is 2. The first kappa shape index (κ1) is 29.8. The van der Waals surface area contributed by atoms with Gasteiger partial charge in [-0.1, -0.05) is 45.9 Å². The minimum Gasteiger partial charge on any atom is -0.478 e. The molecule has 0 atom stereocenters. The van der Waals surface area contributed by atoms with Crippen molar-refractivity contribution >= 4 is 23.3 Å². The lowest BCUT2D eigenvalue weighted by atomic mass is 9.97. The van der Waals surface area contributed by atoms with Gasteiger partial charge in [-0.2, -0.15) is 13.8 Å². The monoisotopic (exact) mass is 520 g/mol. The molecule has 37 heavy (non-hydrogen) atoms. The van der Waals surface area contributed by atoms with Crippen LogP contribution in [0.2, 0.25) is 0 Å². The van der Waals surface area contributed by atoms with E-state index >= 15 is 0 Å². The number of alkyl halides is 2. The topological polar surface area (TPSA) is 84.0 Å². The van der Waals surface area contributed by atoms with Gasteiger partial charge in [0, 0.05) is 37.8 Å². The summed E-state index contributed by atoms with van der Waals surface area (Å²) >= 11 is 0. The van der Waals surface area contributed by atoms with Crippen LogP contribution in [0.15, 0.2) is 36.4 Å². The Morgan fingerprint density at radius 1 is 1.14 bits per heavy atom. The summed E-state index contributed by atoms with van der Waals surface area (Å²) < 4.78 is 36.0. The van der Waals surface area contributed by atoms with Crippen molar-refractivity contribution in [3.63, 3.8) is 0 Å². The van der Waals surface area contributed by atoms with Crippen molar-refractivity contribution in [2.75, 3.05) is 29.9 Å². The fourth-order valence-electron chi connectivity index (χ4n) is 4.20. The maximum Gasteiger partial charge on any atom is 0.388 e. The molecule has 0 radical (unpaired) electrons. The predicted molar refractivity (Wildman–Crippen MR) is 141 cm³/mol. The van der Waals surface area contributed by atoms with E-state index in [9.17, 15) is 18.4 Å². The number of likely N-dealkylation sites (tertiary alicyclic amines) is 1. The Bertz CT molecular complexity index is 1030. The second-order valence-electron chi connectivity index (χ2n) is 8.56. The van der Waals surface area contributed by atoms with Crippen LogP contribution in [0.1, 0.15) is 65.9 Å². The Hall–Kier alpha value is -3.43. The van der Waals surface area contributed by atoms with Crippen LogP contribution in [0.4, 0.5) is 25.0 Å². The number of pyridine rings is 1. The van der Waals surface area contributed by atoms with Crippen molar-refractivity contribution in [3.05, 3.63) is 42.0 Å². The number of benzene rings is 1. The summed E-state index contributed by atoms with van der Waals surface area (Å²) in [5, 5.41) is 2.71. The number of rotatable bonds is 8. The second kappa shape index (κ2) is 14.3. The summed E-state index contributed by atoms with van der Waals surface area (Å²) in [5.41, 5.74) is 1.72. The van der Waals surface area contributed by atoms with Crippen LogP contribution in [0, 0.1) is 0 Å². The van der Waals surface area contributed by atoms with Gasteiger partial charge < -0.3 is 19.7 Å². The molecule has 0 bridgehead atoms. The molecule has 1 aromatic carbocycles. The van der Waals surface area contributed by atoms with E-state index in [0.717, 1.165) is 11.3 Å². The lowest BCUT2D eigenvalue weighted by Crippen LogP contribution is -2.50. The van der Waals surface area contributed by atoms with Crippen molar-refractivity contribution in [1.82, 2.24) is 9.88 Å². The summed E-state index contributed by atoms with van der Waals surface area (Å²) in [6.45, 7) is 9.58. The van der Waals surface area contributed by atoms with E-state index in [2.05, 4.69) is 15.0 Å². The molecule has 1 saturated heterocycles. The van der Waals surface area contributed by atoms with Crippen LogP contribution in [0.3, 0.4) is 0 Å². The fourth-order valence-corrected chi connectivity index (χ4v) is 4.20. The van der Waals surface area contributed by atoms with Gasteiger partial charge in [-0.25, -0.2) is 4.79 Å². The molecule has 10 heteroatoms. The van der Waals surface area contributed by atoms with Crippen LogP contribution in [-0.2, 0) is 4.79 Å². The zero-order chi connectivity index (χ0) is 27.5. The molecule has 1 N–H and O–H groups in total. The highest BCUT2D eigenvalue weighted by molar-refractivity contribution is 6.03. The molecular weight excluding hydrogens is 482 g/mol. The van der Waals surface area contributed by atoms with Gasteiger partial charge in [0.05, 0.1) is 6.61 Å². The molecule has 1 aliphatic heterocycles. The largest absolute Gasteiger partial charge is 0.478 e. The molecule has 0 saturated carbocycles. The molecule has 8 nitrogen and oxygen atoms in total. The van der Waals surface area contributed by atoms with Gasteiger partial charge in [-0.05, 0) is 43.4 Å². The maximum atomic E-state index is 13.7. The molecule has 204 valence electrons. The average Bonchev–Trinajstić information content (AvgIpc) is 2.87. The van der Waals surface area contributed by atoms with Crippen LogP contribution in [0.5, 0.6) is 11.8 Å². The van der Waals surface area contributed by atoms with Gasteiger partial charge >= 0.3 is 12.6 Å². The number of aromatic nitrogens is 1. The molecule has 3 amide bonds. The van der Waals surface area contributed by atoms with Gasteiger partial charge in [-0.3, -0.25) is 9.69 Å². The minimum absolute atomic E-state index is 0.00344. The van der Waals surface area contributed by atoms with Crippen molar-refractivity contribution < 1.29 is 27.8 Å². The number of hydrogen-bond donors (Lipinski definition) is 1. The lowest BCUT2D eigenvalue weighted by molar-refractivity contribution is -0.129. The fraction of sp³-hybridized carbons (Fsp3) is 0.519. The van der Waals surface area contributed by atoms with Crippen molar-refractivity contribution in [1.29, 1.82) is 0 Å². The quantitative estimate of drug-likeness (QED) is 0.443. The standard InChI is InChI=1S/C25H32F2N4O4.C2H6/c1-5-34-22-11-10-20(23(29-22)35-24(26)27)28-25(33)31(18-12-14-30(15-13-18)17(4)32)21-9-7-6-8-19(21)16(2)3;1-2/h6-11,16,18,24H,5,12-15H2,1-4H3,(H,28,33);1-2H3. The molecule has 2 heterocycles. The number of hydrogen-bond acceptors (Lipinski definition) is 5. The SMILES string of the molecule is CC.CCOc1ccc(NC(=O)N(c2ccccc2C(C)C)C2CCN(C(C)=O)CC2)c(OC(F)F)n1. The zero-order valence-corrected chi connectivity index (χ0v) is 22.5. The third kappa shape index (κ3) is 8.03. The highest BCUT2D eigenvalue weighted by atomic mass is 19.3. The van der Waals surface area contributed by atoms with E-state index in [1.54, 1.807) is 16.7 Å². The van der Waals surface area contributed by atoms with E-state index in [1.807, 2.05) is 52.0 Å². The third-order valence-electron chi connectivity index (χ3n) is 5.88. The van der Waals surface area contributed by atoms with Crippen molar-refractivity contribution in [2.24, 2.45) is 0 Å². The third-order valence-corrected chi connectivity index (χ3v) is 5.88. The summed E-state index contributed by atoms with van der Waals surface area (Å²) in [6, 6.07) is 9.83. The number of nitrogens with zero attached hydrogens (tertiary/aromatic N) is 3. The van der Waals surface area contributed by atoms with E-state index in [0.29, 0.717) is 32.5 Å². The summed E-state index contributed by atoms with van der Waals surface area (Å²) in [4.78, 5) is 32.9. The van der Waals surface area contributed by atoms with E-state index < -0.39 is 18.5 Å². The molecule has 0 spiro atoms. The molecule has 1 aromatic heterocycles. The summed E-state index contributed by atoms with van der Waals surface area (Å²) in [7, 11) is 0. The van der Waals surface area contributed by atoms with Gasteiger partial charge in [0.15, 0.2) is 0 Å². The Morgan fingerprint density at radius 3 is 2.35 bits per heavy atom. The molecule has 3 rings (SSSR count). The summed E-state index contributed by atoms with van der Waals surface area (Å²) in [5.74, 6) is -0.178. The number of ether oxygens (including phenoxy) is 2. The first-order valence-electron chi connectivity index (χ1n) is 12.7. The van der Waals surface area contributed by atoms with E-state index in [1.165, 1.54) is 19.1 Å². The maximum absolute atomic E-state index is 13.7. The van der Waals surface area contributed by atoms with Crippen molar-refractivity contribution in [2.45, 2.75) is 73.0 Å². The van der Waals surface area contributed by atoms with Gasteiger partial charge in [-0.15, -0.1) is 0 Å². The number of amides is 3. The van der Waals surface area contributed by atoms with Crippen LogP contribution < -0.4 is 19.7 Å². The number of piperidine rings is 1.